The topological polar surface area (TPSA) is 61.9 Å². The molecule has 1 aliphatic heterocycles. The van der Waals surface area contributed by atoms with E-state index in [1.54, 1.807) is 31.1 Å². The summed E-state index contributed by atoms with van der Waals surface area (Å²) in [6.07, 6.45) is 0. The van der Waals surface area contributed by atoms with Crippen LogP contribution in [0.25, 0.3) is 0 Å². The molecule has 0 aromatic heterocycles. The molecule has 1 N–H and O–H groups in total. The van der Waals surface area contributed by atoms with Crippen LogP contribution >= 0.6 is 0 Å². The fraction of sp³-hybridized carbons (Fsp3) is 0.467. The minimum absolute atomic E-state index is 0.000820. The number of anilines is 1. The molecule has 1 aliphatic rings. The van der Waals surface area contributed by atoms with Gasteiger partial charge in [-0.1, -0.05) is 6.07 Å². The smallest absolute Gasteiger partial charge is 0.254 e. The molecular weight excluding hydrogens is 270 g/mol. The maximum Gasteiger partial charge on any atom is 0.254 e. The van der Waals surface area contributed by atoms with E-state index in [4.69, 9.17) is 4.74 Å². The molecule has 114 valence electrons. The Kier molecular flexibility index (Phi) is 5.16. The molecule has 1 aromatic carbocycles. The normalized spacial score (nSPS) is 14.7. The molecule has 0 spiro atoms. The van der Waals surface area contributed by atoms with E-state index in [0.717, 1.165) is 5.69 Å². The van der Waals surface area contributed by atoms with Crippen molar-refractivity contribution in [2.24, 2.45) is 0 Å². The van der Waals surface area contributed by atoms with Gasteiger partial charge in [-0.15, -0.1) is 0 Å². The van der Waals surface area contributed by atoms with Crippen molar-refractivity contribution in [2.75, 3.05) is 52.3 Å². The second-order valence-electron chi connectivity index (χ2n) is 5.13. The third-order valence-electron chi connectivity index (χ3n) is 3.35. The summed E-state index contributed by atoms with van der Waals surface area (Å²) in [5, 5.41) is 3.04. The van der Waals surface area contributed by atoms with Gasteiger partial charge < -0.3 is 19.9 Å². The highest BCUT2D eigenvalue weighted by Gasteiger charge is 2.18. The second-order valence-corrected chi connectivity index (χ2v) is 5.13. The number of carbonyl (C=O) groups excluding carboxylic acids is 2. The van der Waals surface area contributed by atoms with Crippen molar-refractivity contribution in [1.29, 1.82) is 0 Å². The standard InChI is InChI=1S/C15H21N3O3/c1-17(2)14(19)11-16-13-5-3-4-12(10-13)15(20)18-6-8-21-9-7-18/h3-5,10,16H,6-9,11H2,1-2H3. The van der Waals surface area contributed by atoms with Crippen LogP contribution in [0.2, 0.25) is 0 Å². The largest absolute Gasteiger partial charge is 0.378 e. The summed E-state index contributed by atoms with van der Waals surface area (Å²) in [7, 11) is 3.42. The Morgan fingerprint density at radius 2 is 2.00 bits per heavy atom. The Morgan fingerprint density at radius 3 is 2.67 bits per heavy atom. The summed E-state index contributed by atoms with van der Waals surface area (Å²) in [6, 6.07) is 7.23. The highest BCUT2D eigenvalue weighted by Crippen LogP contribution is 2.13. The van der Waals surface area contributed by atoms with Crippen LogP contribution in [0.5, 0.6) is 0 Å². The van der Waals surface area contributed by atoms with Gasteiger partial charge in [0.2, 0.25) is 5.91 Å². The van der Waals surface area contributed by atoms with E-state index < -0.39 is 0 Å². The molecule has 21 heavy (non-hydrogen) atoms. The zero-order valence-electron chi connectivity index (χ0n) is 12.5. The van der Waals surface area contributed by atoms with E-state index in [1.165, 1.54) is 4.90 Å². The number of hydrogen-bond acceptors (Lipinski definition) is 4. The first kappa shape index (κ1) is 15.3. The quantitative estimate of drug-likeness (QED) is 0.885. The average Bonchev–Trinajstić information content (AvgIpc) is 2.53. The number of hydrogen-bond donors (Lipinski definition) is 1. The summed E-state index contributed by atoms with van der Waals surface area (Å²) < 4.78 is 5.25. The first-order valence-electron chi connectivity index (χ1n) is 6.99. The fourth-order valence-corrected chi connectivity index (χ4v) is 2.05. The summed E-state index contributed by atoms with van der Waals surface area (Å²) in [5.41, 5.74) is 1.39. The van der Waals surface area contributed by atoms with E-state index >= 15 is 0 Å². The molecule has 6 heteroatoms. The highest BCUT2D eigenvalue weighted by atomic mass is 16.5. The lowest BCUT2D eigenvalue weighted by atomic mass is 10.1. The number of ether oxygens (including phenoxy) is 1. The van der Waals surface area contributed by atoms with E-state index in [1.807, 2.05) is 12.1 Å². The van der Waals surface area contributed by atoms with E-state index in [9.17, 15) is 9.59 Å². The molecule has 1 aromatic rings. The molecule has 6 nitrogen and oxygen atoms in total. The predicted octanol–water partition coefficient (Wildman–Crippen LogP) is 0.659. The van der Waals surface area contributed by atoms with Gasteiger partial charge in [0.05, 0.1) is 19.8 Å². The van der Waals surface area contributed by atoms with Gasteiger partial charge in [-0.2, -0.15) is 0 Å². The molecule has 0 unspecified atom stereocenters. The van der Waals surface area contributed by atoms with Crippen LogP contribution in [-0.4, -0.2) is 68.6 Å². The third-order valence-corrected chi connectivity index (χ3v) is 3.35. The van der Waals surface area contributed by atoms with Gasteiger partial charge in [-0.25, -0.2) is 0 Å². The summed E-state index contributed by atoms with van der Waals surface area (Å²) >= 11 is 0. The van der Waals surface area contributed by atoms with E-state index in [2.05, 4.69) is 5.32 Å². The molecule has 1 fully saturated rings. The Bertz CT molecular complexity index is 511. The fourth-order valence-electron chi connectivity index (χ4n) is 2.05. The number of benzene rings is 1. The number of likely N-dealkylation sites (N-methyl/N-ethyl adjacent to an activating group) is 1. The number of carbonyl (C=O) groups is 2. The molecule has 0 bridgehead atoms. The van der Waals surface area contributed by atoms with Crippen molar-refractivity contribution >= 4 is 17.5 Å². The van der Waals surface area contributed by atoms with Crippen molar-refractivity contribution < 1.29 is 14.3 Å². The Labute approximate surface area is 124 Å². The number of amides is 2. The lowest BCUT2D eigenvalue weighted by Gasteiger charge is -2.27. The van der Waals surface area contributed by atoms with Gasteiger partial charge in [0, 0.05) is 38.4 Å². The van der Waals surface area contributed by atoms with Gasteiger partial charge in [0.25, 0.3) is 5.91 Å². The maximum atomic E-state index is 12.4. The van der Waals surface area contributed by atoms with Crippen LogP contribution in [0.4, 0.5) is 5.69 Å². The van der Waals surface area contributed by atoms with E-state index in [0.29, 0.717) is 31.9 Å². The van der Waals surface area contributed by atoms with Gasteiger partial charge >= 0.3 is 0 Å². The molecule has 0 aliphatic carbocycles. The number of morpholine rings is 1. The van der Waals surface area contributed by atoms with Crippen molar-refractivity contribution in [1.82, 2.24) is 9.80 Å². The van der Waals surface area contributed by atoms with Crippen LogP contribution in [0, 0.1) is 0 Å². The van der Waals surface area contributed by atoms with Gasteiger partial charge in [-0.05, 0) is 18.2 Å². The zero-order valence-corrected chi connectivity index (χ0v) is 12.5. The molecule has 2 rings (SSSR count). The predicted molar refractivity (Wildman–Crippen MR) is 80.3 cm³/mol. The highest BCUT2D eigenvalue weighted by molar-refractivity contribution is 5.95. The molecular formula is C15H21N3O3. The minimum Gasteiger partial charge on any atom is -0.378 e. The number of nitrogens with one attached hydrogen (secondary N) is 1. The second kappa shape index (κ2) is 7.08. The van der Waals surface area contributed by atoms with Crippen LogP contribution in [0.15, 0.2) is 24.3 Å². The first-order chi connectivity index (χ1) is 10.1. The summed E-state index contributed by atoms with van der Waals surface area (Å²) in [4.78, 5) is 27.2. The number of rotatable bonds is 4. The van der Waals surface area contributed by atoms with Crippen molar-refractivity contribution in [3.8, 4) is 0 Å². The van der Waals surface area contributed by atoms with Crippen molar-refractivity contribution in [2.45, 2.75) is 0 Å². The maximum absolute atomic E-state index is 12.4. The van der Waals surface area contributed by atoms with Crippen LogP contribution in [0.3, 0.4) is 0 Å². The molecule has 0 atom stereocenters. The molecule has 2 amide bonds. The number of nitrogens with zero attached hydrogens (tertiary/aromatic N) is 2. The molecule has 1 saturated heterocycles. The summed E-state index contributed by atoms with van der Waals surface area (Å²) in [5.74, 6) is -0.0132. The first-order valence-corrected chi connectivity index (χ1v) is 6.99. The van der Waals surface area contributed by atoms with Crippen LogP contribution < -0.4 is 5.32 Å². The van der Waals surface area contributed by atoms with Crippen molar-refractivity contribution in [3.05, 3.63) is 29.8 Å². The summed E-state index contributed by atoms with van der Waals surface area (Å²) in [6.45, 7) is 2.62. The zero-order chi connectivity index (χ0) is 15.2. The average molecular weight is 291 g/mol. The van der Waals surface area contributed by atoms with Gasteiger partial charge in [0.15, 0.2) is 0 Å². The lowest BCUT2D eigenvalue weighted by Crippen LogP contribution is -2.40. The SMILES string of the molecule is CN(C)C(=O)CNc1cccc(C(=O)N2CCOCC2)c1. The monoisotopic (exact) mass is 291 g/mol. The Hall–Kier alpha value is -2.08. The molecule has 1 heterocycles. The Balaban J connectivity index is 1.99. The molecule has 0 saturated carbocycles. The lowest BCUT2D eigenvalue weighted by molar-refractivity contribution is -0.126. The minimum atomic E-state index is -0.0140. The Morgan fingerprint density at radius 1 is 1.29 bits per heavy atom. The van der Waals surface area contributed by atoms with Crippen LogP contribution in [-0.2, 0) is 9.53 Å². The van der Waals surface area contributed by atoms with E-state index in [-0.39, 0.29) is 18.4 Å². The molecule has 0 radical (unpaired) electrons. The van der Waals surface area contributed by atoms with Gasteiger partial charge in [0.1, 0.15) is 0 Å². The van der Waals surface area contributed by atoms with Crippen molar-refractivity contribution in [3.63, 3.8) is 0 Å². The van der Waals surface area contributed by atoms with Gasteiger partial charge in [-0.3, -0.25) is 9.59 Å². The van der Waals surface area contributed by atoms with Crippen LogP contribution in [0.1, 0.15) is 10.4 Å². The third kappa shape index (κ3) is 4.19.